The van der Waals surface area contributed by atoms with Crippen LogP contribution in [0.1, 0.15) is 33.0 Å². The predicted molar refractivity (Wildman–Crippen MR) is 91.4 cm³/mol. The molecule has 1 aliphatic heterocycles. The number of rotatable bonds is 5. The molecule has 2 rings (SSSR count). The molecule has 1 aromatic rings. The number of furan rings is 1. The summed E-state index contributed by atoms with van der Waals surface area (Å²) in [7, 11) is 0. The summed E-state index contributed by atoms with van der Waals surface area (Å²) in [4.78, 5) is 20.3. The van der Waals surface area contributed by atoms with E-state index in [9.17, 15) is 4.79 Å². The van der Waals surface area contributed by atoms with Gasteiger partial charge in [-0.15, -0.1) is 0 Å². The van der Waals surface area contributed by atoms with Gasteiger partial charge < -0.3 is 19.5 Å². The van der Waals surface area contributed by atoms with Crippen molar-refractivity contribution in [1.82, 2.24) is 15.1 Å². The zero-order chi connectivity index (χ0) is 16.7. The lowest BCUT2D eigenvalue weighted by Gasteiger charge is -2.37. The monoisotopic (exact) mass is 320 g/mol. The third-order valence-electron chi connectivity index (χ3n) is 4.21. The number of piperazine rings is 1. The van der Waals surface area contributed by atoms with Gasteiger partial charge in [-0.2, -0.15) is 0 Å². The Bertz CT molecular complexity index is 505. The fourth-order valence-corrected chi connectivity index (χ4v) is 2.52. The van der Waals surface area contributed by atoms with Crippen LogP contribution in [0, 0.1) is 0 Å². The van der Waals surface area contributed by atoms with Gasteiger partial charge in [0, 0.05) is 52.1 Å². The Hall–Kier alpha value is -1.98. The van der Waals surface area contributed by atoms with Gasteiger partial charge in [-0.05, 0) is 25.5 Å². The van der Waals surface area contributed by atoms with E-state index in [1.165, 1.54) is 0 Å². The first-order valence-corrected chi connectivity index (χ1v) is 8.44. The van der Waals surface area contributed by atoms with E-state index >= 15 is 0 Å². The van der Waals surface area contributed by atoms with Crippen LogP contribution in [0.5, 0.6) is 0 Å². The SMILES string of the molecule is CCC(C)NC(=NCCc1ccco1)N1CCN(C(C)=O)CC1. The summed E-state index contributed by atoms with van der Waals surface area (Å²) in [6.45, 7) is 9.80. The van der Waals surface area contributed by atoms with E-state index in [4.69, 9.17) is 9.41 Å². The van der Waals surface area contributed by atoms with Crippen molar-refractivity contribution in [1.29, 1.82) is 0 Å². The first-order chi connectivity index (χ1) is 11.1. The number of nitrogens with zero attached hydrogens (tertiary/aromatic N) is 3. The average Bonchev–Trinajstić information content (AvgIpc) is 3.07. The van der Waals surface area contributed by atoms with Gasteiger partial charge in [-0.25, -0.2) is 0 Å². The van der Waals surface area contributed by atoms with Crippen LogP contribution in [0.2, 0.25) is 0 Å². The lowest BCUT2D eigenvalue weighted by Crippen LogP contribution is -2.54. The summed E-state index contributed by atoms with van der Waals surface area (Å²) in [5, 5.41) is 3.50. The molecule has 0 bridgehead atoms. The second-order valence-corrected chi connectivity index (χ2v) is 5.98. The minimum absolute atomic E-state index is 0.149. The topological polar surface area (TPSA) is 61.1 Å². The minimum Gasteiger partial charge on any atom is -0.469 e. The van der Waals surface area contributed by atoms with Crippen LogP contribution in [0.25, 0.3) is 0 Å². The van der Waals surface area contributed by atoms with E-state index in [0.717, 1.165) is 50.7 Å². The smallest absolute Gasteiger partial charge is 0.219 e. The maximum atomic E-state index is 11.5. The van der Waals surface area contributed by atoms with Crippen LogP contribution in [0.4, 0.5) is 0 Å². The summed E-state index contributed by atoms with van der Waals surface area (Å²) in [6, 6.07) is 4.25. The molecule has 23 heavy (non-hydrogen) atoms. The van der Waals surface area contributed by atoms with E-state index in [2.05, 4.69) is 24.1 Å². The number of hydrogen-bond donors (Lipinski definition) is 1. The molecule has 6 heteroatoms. The second kappa shape index (κ2) is 8.60. The molecule has 0 radical (unpaired) electrons. The second-order valence-electron chi connectivity index (χ2n) is 5.98. The summed E-state index contributed by atoms with van der Waals surface area (Å²) in [5.41, 5.74) is 0. The van der Waals surface area contributed by atoms with Crippen LogP contribution in [0.3, 0.4) is 0 Å². The van der Waals surface area contributed by atoms with Crippen LogP contribution in [-0.4, -0.2) is 60.4 Å². The number of carbonyl (C=O) groups is 1. The molecule has 0 aromatic carbocycles. The number of guanidine groups is 1. The Labute approximate surface area is 138 Å². The summed E-state index contributed by atoms with van der Waals surface area (Å²) in [5.74, 6) is 2.04. The lowest BCUT2D eigenvalue weighted by molar-refractivity contribution is -0.130. The Morgan fingerprint density at radius 1 is 1.35 bits per heavy atom. The van der Waals surface area contributed by atoms with Gasteiger partial charge in [0.25, 0.3) is 0 Å². The zero-order valence-electron chi connectivity index (χ0n) is 14.4. The maximum absolute atomic E-state index is 11.5. The highest BCUT2D eigenvalue weighted by atomic mass is 16.3. The Kier molecular flexibility index (Phi) is 6.50. The number of carbonyl (C=O) groups excluding carboxylic acids is 1. The molecule has 1 fully saturated rings. The molecular formula is C17H28N4O2. The quantitative estimate of drug-likeness (QED) is 0.663. The maximum Gasteiger partial charge on any atom is 0.219 e. The lowest BCUT2D eigenvalue weighted by atomic mass is 10.2. The van der Waals surface area contributed by atoms with E-state index in [1.807, 2.05) is 17.0 Å². The van der Waals surface area contributed by atoms with Crippen molar-refractivity contribution in [3.8, 4) is 0 Å². The van der Waals surface area contributed by atoms with Gasteiger partial charge in [0.1, 0.15) is 5.76 Å². The molecule has 0 aliphatic carbocycles. The van der Waals surface area contributed by atoms with Crippen LogP contribution in [0.15, 0.2) is 27.8 Å². The van der Waals surface area contributed by atoms with E-state index in [-0.39, 0.29) is 5.91 Å². The molecule has 6 nitrogen and oxygen atoms in total. The predicted octanol–water partition coefficient (Wildman–Crippen LogP) is 1.73. The van der Waals surface area contributed by atoms with Crippen LogP contribution in [-0.2, 0) is 11.2 Å². The fourth-order valence-electron chi connectivity index (χ4n) is 2.52. The van der Waals surface area contributed by atoms with E-state index in [1.54, 1.807) is 13.2 Å². The highest BCUT2D eigenvalue weighted by Crippen LogP contribution is 2.05. The van der Waals surface area contributed by atoms with Crippen molar-refractivity contribution in [3.05, 3.63) is 24.2 Å². The van der Waals surface area contributed by atoms with Gasteiger partial charge >= 0.3 is 0 Å². The first kappa shape index (κ1) is 17.4. The highest BCUT2D eigenvalue weighted by Gasteiger charge is 2.21. The number of nitrogens with one attached hydrogen (secondary N) is 1. The number of amides is 1. The molecule has 2 heterocycles. The number of hydrogen-bond acceptors (Lipinski definition) is 3. The van der Waals surface area contributed by atoms with Crippen molar-refractivity contribution < 1.29 is 9.21 Å². The van der Waals surface area contributed by atoms with Crippen molar-refractivity contribution in [2.75, 3.05) is 32.7 Å². The molecule has 1 atom stereocenters. The van der Waals surface area contributed by atoms with Crippen LogP contribution >= 0.6 is 0 Å². The molecule has 1 N–H and O–H groups in total. The van der Waals surface area contributed by atoms with Crippen molar-refractivity contribution >= 4 is 11.9 Å². The zero-order valence-corrected chi connectivity index (χ0v) is 14.4. The van der Waals surface area contributed by atoms with Crippen molar-refractivity contribution in [2.24, 2.45) is 4.99 Å². The largest absolute Gasteiger partial charge is 0.469 e. The molecule has 0 saturated carbocycles. The molecule has 0 spiro atoms. The van der Waals surface area contributed by atoms with Gasteiger partial charge in [-0.3, -0.25) is 9.79 Å². The Morgan fingerprint density at radius 3 is 2.61 bits per heavy atom. The summed E-state index contributed by atoms with van der Waals surface area (Å²) >= 11 is 0. The molecule has 1 aromatic heterocycles. The summed E-state index contributed by atoms with van der Waals surface area (Å²) in [6.07, 6.45) is 3.54. The third kappa shape index (κ3) is 5.30. The van der Waals surface area contributed by atoms with E-state index < -0.39 is 0 Å². The van der Waals surface area contributed by atoms with E-state index in [0.29, 0.717) is 12.6 Å². The van der Waals surface area contributed by atoms with Gasteiger partial charge in [-0.1, -0.05) is 6.92 Å². The standard InChI is InChI=1S/C17H28N4O2/c1-4-14(2)19-17(18-8-7-16-6-5-13-23-16)21-11-9-20(10-12-21)15(3)22/h5-6,13-14H,4,7-12H2,1-3H3,(H,18,19). The molecule has 1 unspecified atom stereocenters. The minimum atomic E-state index is 0.149. The van der Waals surface area contributed by atoms with Gasteiger partial charge in [0.15, 0.2) is 5.96 Å². The van der Waals surface area contributed by atoms with Gasteiger partial charge in [0.2, 0.25) is 5.91 Å². The Morgan fingerprint density at radius 2 is 2.04 bits per heavy atom. The molecule has 128 valence electrons. The van der Waals surface area contributed by atoms with Crippen molar-refractivity contribution in [2.45, 2.75) is 39.7 Å². The average molecular weight is 320 g/mol. The summed E-state index contributed by atoms with van der Waals surface area (Å²) < 4.78 is 5.36. The third-order valence-corrected chi connectivity index (χ3v) is 4.21. The molecule has 1 amide bonds. The first-order valence-electron chi connectivity index (χ1n) is 8.44. The molecule has 1 saturated heterocycles. The van der Waals surface area contributed by atoms with Crippen LogP contribution < -0.4 is 5.32 Å². The van der Waals surface area contributed by atoms with Crippen molar-refractivity contribution in [3.63, 3.8) is 0 Å². The highest BCUT2D eigenvalue weighted by molar-refractivity contribution is 5.81. The molecular weight excluding hydrogens is 292 g/mol. The molecule has 1 aliphatic rings. The fraction of sp³-hybridized carbons (Fsp3) is 0.647. The van der Waals surface area contributed by atoms with Gasteiger partial charge in [0.05, 0.1) is 6.26 Å². The Balaban J connectivity index is 1.94. The number of aliphatic imine (C=N–C) groups is 1. The normalized spacial score (nSPS) is 17.3.